The van der Waals surface area contributed by atoms with Gasteiger partial charge in [-0.2, -0.15) is 28.7 Å². The van der Waals surface area contributed by atoms with E-state index in [-0.39, 0.29) is 5.95 Å². The third-order valence-electron chi connectivity index (χ3n) is 1.11. The molecule has 0 aliphatic carbocycles. The van der Waals surface area contributed by atoms with E-state index in [9.17, 15) is 22.8 Å². The fourth-order valence-electron chi connectivity index (χ4n) is 0.549. The van der Waals surface area contributed by atoms with Gasteiger partial charge in [0.2, 0.25) is 5.95 Å². The first-order chi connectivity index (χ1) is 7.39. The first-order valence-corrected chi connectivity index (χ1v) is 3.60. The Morgan fingerprint density at radius 3 is 2.62 bits per heavy atom. The van der Waals surface area contributed by atoms with Crippen LogP contribution in [-0.4, -0.2) is 33.4 Å². The van der Waals surface area contributed by atoms with E-state index in [4.69, 9.17) is 0 Å². The number of hydroxylamine groups is 1. The fourth-order valence-corrected chi connectivity index (χ4v) is 0.549. The second kappa shape index (κ2) is 4.46. The number of urea groups is 1. The van der Waals surface area contributed by atoms with E-state index >= 15 is 0 Å². The maximum absolute atomic E-state index is 11.6. The summed E-state index contributed by atoms with van der Waals surface area (Å²) in [7, 11) is 0. The molecule has 88 valence electrons. The van der Waals surface area contributed by atoms with Crippen LogP contribution in [0.1, 0.15) is 0 Å². The predicted octanol–water partition coefficient (Wildman–Crippen LogP) is -0.0533. The van der Waals surface area contributed by atoms with Gasteiger partial charge in [0.15, 0.2) is 0 Å². The molecule has 1 heterocycles. The van der Waals surface area contributed by atoms with Gasteiger partial charge in [-0.25, -0.2) is 14.7 Å². The second-order valence-corrected chi connectivity index (χ2v) is 2.28. The van der Waals surface area contributed by atoms with Crippen molar-refractivity contribution in [2.75, 3.05) is 5.32 Å². The van der Waals surface area contributed by atoms with Crippen LogP contribution in [0.5, 0.6) is 0 Å². The van der Waals surface area contributed by atoms with E-state index in [2.05, 4.69) is 20.0 Å². The molecule has 1 aromatic heterocycles. The van der Waals surface area contributed by atoms with Crippen LogP contribution in [0.2, 0.25) is 0 Å². The number of rotatable bonds is 1. The first-order valence-electron chi connectivity index (χ1n) is 3.60. The van der Waals surface area contributed by atoms with Crippen molar-refractivity contribution < 1.29 is 27.6 Å². The molecule has 2 amide bonds. The number of nitrogens with one attached hydrogen (secondary N) is 3. The Kier molecular flexibility index (Phi) is 3.27. The first kappa shape index (κ1) is 11.7. The number of amides is 2. The van der Waals surface area contributed by atoms with Crippen molar-refractivity contribution >= 4 is 17.9 Å². The van der Waals surface area contributed by atoms with Crippen molar-refractivity contribution in [3.8, 4) is 0 Å². The monoisotopic (exact) mass is 239 g/mol. The van der Waals surface area contributed by atoms with Gasteiger partial charge in [0, 0.05) is 0 Å². The number of hydrogen-bond acceptors (Lipinski definition) is 5. The van der Waals surface area contributed by atoms with Crippen LogP contribution < -0.4 is 10.8 Å². The van der Waals surface area contributed by atoms with E-state index < -0.39 is 18.2 Å². The van der Waals surface area contributed by atoms with Gasteiger partial charge in [-0.05, 0) is 0 Å². The lowest BCUT2D eigenvalue weighted by molar-refractivity contribution is -0.204. The van der Waals surface area contributed by atoms with Gasteiger partial charge in [0.05, 0.1) is 0 Å². The number of anilines is 1. The normalized spacial score (nSPS) is 10.7. The van der Waals surface area contributed by atoms with Gasteiger partial charge in [-0.1, -0.05) is 0 Å². The lowest BCUT2D eigenvalue weighted by Crippen LogP contribution is -2.36. The van der Waals surface area contributed by atoms with Crippen molar-refractivity contribution in [1.82, 2.24) is 20.7 Å². The molecule has 3 N–H and O–H groups in total. The smallest absolute Gasteiger partial charge is 0.331 e. The molecule has 11 heteroatoms. The molecule has 0 saturated carbocycles. The van der Waals surface area contributed by atoms with Crippen LogP contribution in [0.3, 0.4) is 0 Å². The molecule has 0 aliphatic heterocycles. The van der Waals surface area contributed by atoms with Crippen molar-refractivity contribution in [3.63, 3.8) is 0 Å². The van der Waals surface area contributed by atoms with Crippen LogP contribution in [0.4, 0.5) is 23.9 Å². The quantitative estimate of drug-likeness (QED) is 0.595. The molecule has 0 saturated heterocycles. The number of aromatic amines is 1. The largest absolute Gasteiger partial charge is 0.493 e. The molecule has 0 aliphatic rings. The zero-order chi connectivity index (χ0) is 12.2. The van der Waals surface area contributed by atoms with E-state index in [1.807, 2.05) is 5.32 Å². The minimum absolute atomic E-state index is 0.124. The average Bonchev–Trinajstić information content (AvgIpc) is 2.65. The number of nitrogens with zero attached hydrogens (tertiary/aromatic N) is 2. The molecule has 8 nitrogen and oxygen atoms in total. The Morgan fingerprint density at radius 2 is 2.12 bits per heavy atom. The summed E-state index contributed by atoms with van der Waals surface area (Å²) in [6.07, 6.45) is -4.13. The van der Waals surface area contributed by atoms with Crippen LogP contribution in [0.25, 0.3) is 0 Å². The molecule has 0 bridgehead atoms. The van der Waals surface area contributed by atoms with Gasteiger partial charge in [0.1, 0.15) is 6.33 Å². The molecule has 0 aromatic carbocycles. The summed E-state index contributed by atoms with van der Waals surface area (Å²) in [5.74, 6) is -2.67. The van der Waals surface area contributed by atoms with Gasteiger partial charge >= 0.3 is 18.2 Å². The Bertz CT molecular complexity index is 375. The number of carbonyl (C=O) groups is 2. The predicted molar refractivity (Wildman–Crippen MR) is 40.7 cm³/mol. The summed E-state index contributed by atoms with van der Waals surface area (Å²) in [6, 6.07) is -1.21. The highest BCUT2D eigenvalue weighted by Gasteiger charge is 2.42. The third kappa shape index (κ3) is 3.43. The summed E-state index contributed by atoms with van der Waals surface area (Å²) >= 11 is 0. The standard InChI is InChI=1S/C5H4F3N5O3/c6-5(7,8)2(14)16-13-4(15)11-3-9-1-10-12-3/h1H,(H3,9,10,11,12,13,15). The number of carbonyl (C=O) groups excluding carboxylic acids is 2. The lowest BCUT2D eigenvalue weighted by atomic mass is 10.7. The van der Waals surface area contributed by atoms with Gasteiger partial charge in [-0.3, -0.25) is 5.32 Å². The van der Waals surface area contributed by atoms with Crippen LogP contribution >= 0.6 is 0 Å². The van der Waals surface area contributed by atoms with E-state index in [0.29, 0.717) is 0 Å². The summed E-state index contributed by atoms with van der Waals surface area (Å²) in [6.45, 7) is 0. The summed E-state index contributed by atoms with van der Waals surface area (Å²) in [4.78, 5) is 27.8. The summed E-state index contributed by atoms with van der Waals surface area (Å²) in [5.41, 5.74) is 1.22. The minimum atomic E-state index is -5.18. The molecule has 1 aromatic rings. The number of hydrogen-bond donors (Lipinski definition) is 3. The van der Waals surface area contributed by atoms with Crippen molar-refractivity contribution in [2.45, 2.75) is 6.18 Å². The summed E-state index contributed by atoms with van der Waals surface area (Å²) < 4.78 is 34.8. The minimum Gasteiger partial charge on any atom is -0.331 e. The highest BCUT2D eigenvalue weighted by Crippen LogP contribution is 2.15. The van der Waals surface area contributed by atoms with E-state index in [0.717, 1.165) is 6.33 Å². The lowest BCUT2D eigenvalue weighted by Gasteiger charge is -2.06. The topological polar surface area (TPSA) is 109 Å². The SMILES string of the molecule is O=C(NOC(=O)C(F)(F)F)Nc1ncn[nH]1. The highest BCUT2D eigenvalue weighted by molar-refractivity contribution is 5.87. The summed E-state index contributed by atoms with van der Waals surface area (Å²) in [5, 5.41) is 7.44. The highest BCUT2D eigenvalue weighted by atomic mass is 19.4. The van der Waals surface area contributed by atoms with Crippen molar-refractivity contribution in [1.29, 1.82) is 0 Å². The molecular formula is C5H4F3N5O3. The maximum Gasteiger partial charge on any atom is 0.493 e. The molecule has 0 atom stereocenters. The van der Waals surface area contributed by atoms with Gasteiger partial charge in [0.25, 0.3) is 0 Å². The molecular weight excluding hydrogens is 235 g/mol. The number of alkyl halides is 3. The van der Waals surface area contributed by atoms with Crippen LogP contribution in [-0.2, 0) is 9.63 Å². The Morgan fingerprint density at radius 1 is 1.44 bits per heavy atom. The molecule has 0 spiro atoms. The molecule has 1 rings (SSSR count). The zero-order valence-corrected chi connectivity index (χ0v) is 7.33. The Labute approximate surface area is 85.1 Å². The van der Waals surface area contributed by atoms with Crippen molar-refractivity contribution in [2.24, 2.45) is 0 Å². The van der Waals surface area contributed by atoms with E-state index in [1.54, 1.807) is 0 Å². The second-order valence-electron chi connectivity index (χ2n) is 2.28. The van der Waals surface area contributed by atoms with Crippen LogP contribution in [0, 0.1) is 0 Å². The molecule has 16 heavy (non-hydrogen) atoms. The molecule has 0 unspecified atom stereocenters. The fraction of sp³-hybridized carbons (Fsp3) is 0.200. The van der Waals surface area contributed by atoms with Gasteiger partial charge < -0.3 is 4.84 Å². The van der Waals surface area contributed by atoms with Gasteiger partial charge in [-0.15, -0.1) is 0 Å². The third-order valence-corrected chi connectivity index (χ3v) is 1.11. The number of H-pyrrole nitrogens is 1. The molecule has 0 radical (unpaired) electrons. The maximum atomic E-state index is 11.6. The van der Waals surface area contributed by atoms with Crippen molar-refractivity contribution in [3.05, 3.63) is 6.33 Å². The molecule has 0 fully saturated rings. The van der Waals surface area contributed by atoms with E-state index in [1.165, 1.54) is 5.48 Å². The number of halogens is 3. The zero-order valence-electron chi connectivity index (χ0n) is 7.33. The Hall–Kier alpha value is -2.33. The average molecular weight is 239 g/mol. The Balaban J connectivity index is 2.34. The number of aromatic nitrogens is 3. The van der Waals surface area contributed by atoms with Crippen LogP contribution in [0.15, 0.2) is 6.33 Å².